The number of aromatic nitrogens is 1. The Morgan fingerprint density at radius 1 is 1.48 bits per heavy atom. The molecule has 0 spiro atoms. The van der Waals surface area contributed by atoms with E-state index >= 15 is 0 Å². The number of rotatable bonds is 7. The number of carbonyl (C=O) groups is 1. The SMILES string of the molecule is COCCN1CC[C@H](CNC(=O)c2ccc(C(C)C)[nH]c2=O)C1. The standard InChI is InChI=1S/C17H27N3O3/c1-12(2)15-5-4-14(17(22)19-15)16(21)18-10-13-6-7-20(11-13)8-9-23-3/h4-5,12-13H,6-11H2,1-3H3,(H,18,21)(H,19,22)/t13-/m1/s1. The average molecular weight is 321 g/mol. The molecule has 0 radical (unpaired) electrons. The first-order chi connectivity index (χ1) is 11.0. The Balaban J connectivity index is 1.85. The summed E-state index contributed by atoms with van der Waals surface area (Å²) in [5.74, 6) is 0.373. The lowest BCUT2D eigenvalue weighted by Gasteiger charge is -2.15. The van der Waals surface area contributed by atoms with Gasteiger partial charge in [0.15, 0.2) is 0 Å². The van der Waals surface area contributed by atoms with Crippen molar-refractivity contribution in [3.8, 4) is 0 Å². The van der Waals surface area contributed by atoms with Crippen LogP contribution in [0.2, 0.25) is 0 Å². The summed E-state index contributed by atoms with van der Waals surface area (Å²) in [7, 11) is 1.70. The number of H-pyrrole nitrogens is 1. The van der Waals surface area contributed by atoms with Gasteiger partial charge in [-0.05, 0) is 36.9 Å². The number of carbonyl (C=O) groups excluding carboxylic acids is 1. The summed E-state index contributed by atoms with van der Waals surface area (Å²) in [4.78, 5) is 29.3. The lowest BCUT2D eigenvalue weighted by atomic mass is 10.1. The zero-order valence-corrected chi connectivity index (χ0v) is 14.2. The number of aromatic amines is 1. The molecule has 1 fully saturated rings. The highest BCUT2D eigenvalue weighted by Gasteiger charge is 2.23. The molecule has 1 aromatic heterocycles. The minimum atomic E-state index is -0.318. The number of amides is 1. The van der Waals surface area contributed by atoms with E-state index in [2.05, 4.69) is 15.2 Å². The quantitative estimate of drug-likeness (QED) is 0.791. The maximum atomic E-state index is 12.2. The second-order valence-electron chi connectivity index (χ2n) is 6.47. The monoisotopic (exact) mass is 321 g/mol. The molecule has 6 heteroatoms. The van der Waals surface area contributed by atoms with Crippen LogP contribution in [0.3, 0.4) is 0 Å². The highest BCUT2D eigenvalue weighted by atomic mass is 16.5. The van der Waals surface area contributed by atoms with E-state index in [0.29, 0.717) is 12.5 Å². The van der Waals surface area contributed by atoms with Gasteiger partial charge in [0.05, 0.1) is 6.61 Å². The molecule has 128 valence electrons. The fourth-order valence-corrected chi connectivity index (χ4v) is 2.84. The van der Waals surface area contributed by atoms with Gasteiger partial charge < -0.3 is 19.9 Å². The van der Waals surface area contributed by atoms with Gasteiger partial charge in [-0.25, -0.2) is 0 Å². The van der Waals surface area contributed by atoms with Crippen LogP contribution in [0.1, 0.15) is 42.2 Å². The Hall–Kier alpha value is -1.66. The number of methoxy groups -OCH3 is 1. The summed E-state index contributed by atoms with van der Waals surface area (Å²) in [5.41, 5.74) is 0.710. The van der Waals surface area contributed by atoms with Crippen molar-refractivity contribution in [2.75, 3.05) is 39.9 Å². The van der Waals surface area contributed by atoms with Gasteiger partial charge >= 0.3 is 0 Å². The number of hydrogen-bond acceptors (Lipinski definition) is 4. The summed E-state index contributed by atoms with van der Waals surface area (Å²) in [6, 6.07) is 3.42. The predicted molar refractivity (Wildman–Crippen MR) is 89.9 cm³/mol. The molecule has 2 rings (SSSR count). The third-order valence-corrected chi connectivity index (χ3v) is 4.33. The van der Waals surface area contributed by atoms with Crippen molar-refractivity contribution in [3.63, 3.8) is 0 Å². The minimum Gasteiger partial charge on any atom is -0.383 e. The molecule has 0 bridgehead atoms. The highest BCUT2D eigenvalue weighted by Crippen LogP contribution is 2.15. The molecule has 1 aromatic rings. The van der Waals surface area contributed by atoms with E-state index in [-0.39, 0.29) is 22.9 Å². The van der Waals surface area contributed by atoms with Gasteiger partial charge in [-0.2, -0.15) is 0 Å². The summed E-state index contributed by atoms with van der Waals surface area (Å²) in [6.07, 6.45) is 1.06. The molecule has 1 saturated heterocycles. The molecule has 0 saturated carbocycles. The Morgan fingerprint density at radius 2 is 2.26 bits per heavy atom. The van der Waals surface area contributed by atoms with Crippen LogP contribution < -0.4 is 10.9 Å². The molecular formula is C17H27N3O3. The number of hydrogen-bond donors (Lipinski definition) is 2. The first-order valence-electron chi connectivity index (χ1n) is 8.24. The Bertz CT molecular complexity index is 583. The van der Waals surface area contributed by atoms with E-state index in [4.69, 9.17) is 4.74 Å². The predicted octanol–water partition coefficient (Wildman–Crippen LogP) is 1.20. The highest BCUT2D eigenvalue weighted by molar-refractivity contribution is 5.93. The topological polar surface area (TPSA) is 74.4 Å². The lowest BCUT2D eigenvalue weighted by molar-refractivity contribution is 0.0945. The minimum absolute atomic E-state index is 0.184. The second-order valence-corrected chi connectivity index (χ2v) is 6.47. The van der Waals surface area contributed by atoms with Crippen LogP contribution in [0, 0.1) is 5.92 Å². The van der Waals surface area contributed by atoms with Gasteiger partial charge in [-0.15, -0.1) is 0 Å². The van der Waals surface area contributed by atoms with Crippen LogP contribution in [0.15, 0.2) is 16.9 Å². The van der Waals surface area contributed by atoms with E-state index in [1.54, 1.807) is 13.2 Å². The summed E-state index contributed by atoms with van der Waals surface area (Å²) in [5, 5.41) is 2.89. The molecule has 0 aromatic carbocycles. The first kappa shape index (κ1) is 17.7. The largest absolute Gasteiger partial charge is 0.383 e. The molecule has 2 heterocycles. The third-order valence-electron chi connectivity index (χ3n) is 4.33. The van der Waals surface area contributed by atoms with Crippen LogP contribution in [0.4, 0.5) is 0 Å². The molecule has 2 N–H and O–H groups in total. The van der Waals surface area contributed by atoms with Gasteiger partial charge in [0.2, 0.25) is 0 Å². The third kappa shape index (κ3) is 4.91. The van der Waals surface area contributed by atoms with Gasteiger partial charge in [0.25, 0.3) is 11.5 Å². The smallest absolute Gasteiger partial charge is 0.261 e. The zero-order chi connectivity index (χ0) is 16.8. The number of pyridine rings is 1. The molecular weight excluding hydrogens is 294 g/mol. The van der Waals surface area contributed by atoms with Crippen molar-refractivity contribution in [1.82, 2.24) is 15.2 Å². The Morgan fingerprint density at radius 3 is 2.91 bits per heavy atom. The number of likely N-dealkylation sites (tertiary alicyclic amines) is 1. The number of nitrogens with one attached hydrogen (secondary N) is 2. The molecule has 1 aliphatic heterocycles. The molecule has 0 aliphatic carbocycles. The van der Waals surface area contributed by atoms with Gasteiger partial charge in [0, 0.05) is 32.4 Å². The maximum absolute atomic E-state index is 12.2. The van der Waals surface area contributed by atoms with Gasteiger partial charge in [0.1, 0.15) is 5.56 Å². The number of nitrogens with zero attached hydrogens (tertiary/aromatic N) is 1. The van der Waals surface area contributed by atoms with Crippen LogP contribution in [0.5, 0.6) is 0 Å². The molecule has 1 atom stereocenters. The summed E-state index contributed by atoms with van der Waals surface area (Å²) < 4.78 is 5.08. The number of ether oxygens (including phenoxy) is 1. The second kappa shape index (κ2) is 8.26. The van der Waals surface area contributed by atoms with E-state index < -0.39 is 0 Å². The van der Waals surface area contributed by atoms with Crippen molar-refractivity contribution < 1.29 is 9.53 Å². The summed E-state index contributed by atoms with van der Waals surface area (Å²) >= 11 is 0. The zero-order valence-electron chi connectivity index (χ0n) is 14.2. The van der Waals surface area contributed by atoms with Crippen LogP contribution >= 0.6 is 0 Å². The van der Waals surface area contributed by atoms with Crippen molar-refractivity contribution >= 4 is 5.91 Å². The van der Waals surface area contributed by atoms with Crippen molar-refractivity contribution in [2.24, 2.45) is 5.92 Å². The normalized spacial score (nSPS) is 18.5. The fraction of sp³-hybridized carbons (Fsp3) is 0.647. The molecule has 1 amide bonds. The molecule has 6 nitrogen and oxygen atoms in total. The maximum Gasteiger partial charge on any atom is 0.261 e. The lowest BCUT2D eigenvalue weighted by Crippen LogP contribution is -2.34. The fourth-order valence-electron chi connectivity index (χ4n) is 2.84. The van der Waals surface area contributed by atoms with Crippen molar-refractivity contribution in [1.29, 1.82) is 0 Å². The van der Waals surface area contributed by atoms with E-state index in [1.807, 2.05) is 19.9 Å². The van der Waals surface area contributed by atoms with Crippen molar-refractivity contribution in [3.05, 3.63) is 33.7 Å². The summed E-state index contributed by atoms with van der Waals surface area (Å²) in [6.45, 7) is 8.27. The van der Waals surface area contributed by atoms with Crippen LogP contribution in [-0.2, 0) is 4.74 Å². The Kier molecular flexibility index (Phi) is 6.36. The first-order valence-corrected chi connectivity index (χ1v) is 8.24. The van der Waals surface area contributed by atoms with Crippen molar-refractivity contribution in [2.45, 2.75) is 26.2 Å². The Labute approximate surface area is 137 Å². The van der Waals surface area contributed by atoms with E-state index in [0.717, 1.165) is 38.4 Å². The van der Waals surface area contributed by atoms with Gasteiger partial charge in [-0.1, -0.05) is 13.8 Å². The van der Waals surface area contributed by atoms with E-state index in [9.17, 15) is 9.59 Å². The van der Waals surface area contributed by atoms with Crippen LogP contribution in [-0.4, -0.2) is 55.7 Å². The average Bonchev–Trinajstić information content (AvgIpc) is 2.98. The molecule has 0 unspecified atom stereocenters. The molecule has 1 aliphatic rings. The van der Waals surface area contributed by atoms with Crippen LogP contribution in [0.25, 0.3) is 0 Å². The van der Waals surface area contributed by atoms with E-state index in [1.165, 1.54) is 0 Å². The molecule has 23 heavy (non-hydrogen) atoms. The van der Waals surface area contributed by atoms with Gasteiger partial charge in [-0.3, -0.25) is 9.59 Å².